The molecule has 0 bridgehead atoms. The highest BCUT2D eigenvalue weighted by Gasteiger charge is 2.18. The van der Waals surface area contributed by atoms with Gasteiger partial charge in [0.25, 0.3) is 0 Å². The number of aromatic nitrogens is 2. The van der Waals surface area contributed by atoms with E-state index < -0.39 is 0 Å². The molecular formula is C14H24N4O. The largest absolute Gasteiger partial charge is 0.342 e. The summed E-state index contributed by atoms with van der Waals surface area (Å²) in [6.07, 6.45) is 5.92. The van der Waals surface area contributed by atoms with Crippen LogP contribution in [-0.4, -0.2) is 58.4 Å². The third kappa shape index (κ3) is 4.95. The van der Waals surface area contributed by atoms with Gasteiger partial charge in [0.05, 0.1) is 12.2 Å². The molecular weight excluding hydrogens is 240 g/mol. The Labute approximate surface area is 115 Å². The van der Waals surface area contributed by atoms with Crippen molar-refractivity contribution in [3.8, 4) is 0 Å². The van der Waals surface area contributed by atoms with Crippen molar-refractivity contribution < 1.29 is 4.79 Å². The second kappa shape index (κ2) is 7.19. The number of likely N-dealkylation sites (N-methyl/N-ethyl adjacent to an activating group) is 2. The summed E-state index contributed by atoms with van der Waals surface area (Å²) in [6.45, 7) is 6.55. The fourth-order valence-corrected chi connectivity index (χ4v) is 1.66. The number of hydrogen-bond donors (Lipinski definition) is 0. The molecule has 5 nitrogen and oxygen atoms in total. The van der Waals surface area contributed by atoms with Crippen LogP contribution < -0.4 is 0 Å². The van der Waals surface area contributed by atoms with Gasteiger partial charge in [-0.3, -0.25) is 19.7 Å². The monoisotopic (exact) mass is 264 g/mol. The van der Waals surface area contributed by atoms with Crippen LogP contribution in [0.5, 0.6) is 0 Å². The van der Waals surface area contributed by atoms with E-state index in [1.54, 1.807) is 23.5 Å². The first-order chi connectivity index (χ1) is 8.91. The smallest absolute Gasteiger partial charge is 0.236 e. The topological polar surface area (TPSA) is 49.3 Å². The molecule has 0 radical (unpaired) electrons. The minimum absolute atomic E-state index is 0.142. The Balaban J connectivity index is 2.49. The van der Waals surface area contributed by atoms with Crippen LogP contribution in [-0.2, 0) is 11.2 Å². The van der Waals surface area contributed by atoms with Gasteiger partial charge in [-0.15, -0.1) is 0 Å². The minimum atomic E-state index is 0.142. The Morgan fingerprint density at radius 3 is 2.47 bits per heavy atom. The Bertz CT molecular complexity index is 394. The summed E-state index contributed by atoms with van der Waals surface area (Å²) in [5.74, 6) is 0.142. The van der Waals surface area contributed by atoms with Crippen LogP contribution in [0.2, 0.25) is 0 Å². The fraction of sp³-hybridized carbons (Fsp3) is 0.643. The van der Waals surface area contributed by atoms with Crippen LogP contribution in [0.15, 0.2) is 18.6 Å². The van der Waals surface area contributed by atoms with E-state index in [0.717, 1.165) is 12.1 Å². The van der Waals surface area contributed by atoms with Crippen molar-refractivity contribution >= 4 is 5.91 Å². The molecule has 1 amide bonds. The maximum Gasteiger partial charge on any atom is 0.236 e. The van der Waals surface area contributed by atoms with Gasteiger partial charge >= 0.3 is 0 Å². The van der Waals surface area contributed by atoms with E-state index >= 15 is 0 Å². The van der Waals surface area contributed by atoms with E-state index in [-0.39, 0.29) is 18.0 Å². The molecule has 1 aromatic rings. The summed E-state index contributed by atoms with van der Waals surface area (Å²) in [4.78, 5) is 24.1. The first kappa shape index (κ1) is 15.6. The molecule has 0 saturated carbocycles. The van der Waals surface area contributed by atoms with E-state index in [0.29, 0.717) is 6.54 Å². The van der Waals surface area contributed by atoms with Gasteiger partial charge in [0.2, 0.25) is 5.91 Å². The zero-order valence-electron chi connectivity index (χ0n) is 12.5. The zero-order chi connectivity index (χ0) is 14.4. The summed E-state index contributed by atoms with van der Waals surface area (Å²) >= 11 is 0. The highest BCUT2D eigenvalue weighted by molar-refractivity contribution is 5.78. The molecule has 0 aliphatic rings. The molecule has 0 saturated heterocycles. The lowest BCUT2D eigenvalue weighted by Gasteiger charge is -2.28. The second-order valence-electron chi connectivity index (χ2n) is 5.26. The summed E-state index contributed by atoms with van der Waals surface area (Å²) in [5.41, 5.74) is 0.950. The quantitative estimate of drug-likeness (QED) is 0.775. The predicted molar refractivity (Wildman–Crippen MR) is 75.7 cm³/mol. The lowest BCUT2D eigenvalue weighted by atomic mass is 10.1. The molecule has 0 fully saturated rings. The van der Waals surface area contributed by atoms with Crippen LogP contribution in [0.1, 0.15) is 26.5 Å². The Morgan fingerprint density at radius 1 is 1.26 bits per heavy atom. The Kier molecular flexibility index (Phi) is 5.89. The van der Waals surface area contributed by atoms with Crippen molar-refractivity contribution in [1.82, 2.24) is 19.8 Å². The van der Waals surface area contributed by atoms with Crippen LogP contribution in [0.25, 0.3) is 0 Å². The number of amides is 1. The lowest BCUT2D eigenvalue weighted by molar-refractivity contribution is -0.132. The normalized spacial score (nSPS) is 12.8. The molecule has 0 aliphatic carbocycles. The average Bonchev–Trinajstić information content (AvgIpc) is 2.38. The molecule has 1 rings (SSSR count). The number of rotatable bonds is 6. The molecule has 5 heteroatoms. The first-order valence-corrected chi connectivity index (χ1v) is 6.62. The van der Waals surface area contributed by atoms with E-state index in [1.807, 2.05) is 27.9 Å². The zero-order valence-corrected chi connectivity index (χ0v) is 12.5. The summed E-state index contributed by atoms with van der Waals surface area (Å²) in [7, 11) is 3.81. The number of carbonyl (C=O) groups is 1. The van der Waals surface area contributed by atoms with Crippen LogP contribution in [0, 0.1) is 0 Å². The Morgan fingerprint density at radius 2 is 1.95 bits per heavy atom. The molecule has 1 atom stereocenters. The fourth-order valence-electron chi connectivity index (χ4n) is 1.66. The van der Waals surface area contributed by atoms with Gasteiger partial charge in [-0.25, -0.2) is 0 Å². The Hall–Kier alpha value is -1.49. The van der Waals surface area contributed by atoms with Crippen molar-refractivity contribution in [2.24, 2.45) is 0 Å². The van der Waals surface area contributed by atoms with Gasteiger partial charge in [-0.2, -0.15) is 0 Å². The minimum Gasteiger partial charge on any atom is -0.342 e. The summed E-state index contributed by atoms with van der Waals surface area (Å²) in [5, 5.41) is 0. The van der Waals surface area contributed by atoms with Crippen molar-refractivity contribution in [3.05, 3.63) is 24.3 Å². The van der Waals surface area contributed by atoms with Crippen LogP contribution in [0.3, 0.4) is 0 Å². The number of hydrogen-bond acceptors (Lipinski definition) is 4. The van der Waals surface area contributed by atoms with Gasteiger partial charge in [0, 0.05) is 44.1 Å². The summed E-state index contributed by atoms with van der Waals surface area (Å²) < 4.78 is 0. The van der Waals surface area contributed by atoms with Crippen molar-refractivity contribution in [3.63, 3.8) is 0 Å². The van der Waals surface area contributed by atoms with Crippen molar-refractivity contribution in [1.29, 1.82) is 0 Å². The molecule has 0 unspecified atom stereocenters. The predicted octanol–water partition coefficient (Wildman–Crippen LogP) is 1.21. The van der Waals surface area contributed by atoms with E-state index in [9.17, 15) is 4.79 Å². The van der Waals surface area contributed by atoms with Crippen LogP contribution in [0.4, 0.5) is 0 Å². The number of nitrogens with zero attached hydrogens (tertiary/aromatic N) is 4. The van der Waals surface area contributed by atoms with Crippen molar-refractivity contribution in [2.75, 3.05) is 20.6 Å². The van der Waals surface area contributed by atoms with Gasteiger partial charge < -0.3 is 4.90 Å². The maximum absolute atomic E-state index is 12.0. The molecule has 106 valence electrons. The maximum atomic E-state index is 12.0. The molecule has 19 heavy (non-hydrogen) atoms. The average molecular weight is 264 g/mol. The highest BCUT2D eigenvalue weighted by Crippen LogP contribution is 2.05. The molecule has 0 spiro atoms. The molecule has 0 N–H and O–H groups in total. The molecule has 1 heterocycles. The second-order valence-corrected chi connectivity index (χ2v) is 5.26. The van der Waals surface area contributed by atoms with Gasteiger partial charge in [0.15, 0.2) is 0 Å². The third-order valence-corrected chi connectivity index (χ3v) is 3.43. The molecule has 0 aliphatic heterocycles. The SMILES string of the molecule is CC(C)N(C)C(=O)CN(C)[C@@H](C)Cc1cnccn1. The van der Waals surface area contributed by atoms with Crippen LogP contribution >= 0.6 is 0 Å². The van der Waals surface area contributed by atoms with Gasteiger partial charge in [0.1, 0.15) is 0 Å². The van der Waals surface area contributed by atoms with Gasteiger partial charge in [-0.1, -0.05) is 0 Å². The molecule has 0 aromatic carbocycles. The number of carbonyl (C=O) groups excluding carboxylic acids is 1. The standard InChI is InChI=1S/C14H24N4O/c1-11(2)18(5)14(19)10-17(4)12(3)8-13-9-15-6-7-16-13/h6-7,9,11-12H,8,10H2,1-5H3/t12-/m0/s1. The summed E-state index contributed by atoms with van der Waals surface area (Å²) in [6, 6.07) is 0.484. The first-order valence-electron chi connectivity index (χ1n) is 6.62. The molecule has 1 aromatic heterocycles. The third-order valence-electron chi connectivity index (χ3n) is 3.43. The van der Waals surface area contributed by atoms with Crippen molar-refractivity contribution in [2.45, 2.75) is 39.3 Å². The van der Waals surface area contributed by atoms with E-state index in [4.69, 9.17) is 0 Å². The lowest BCUT2D eigenvalue weighted by Crippen LogP contribution is -2.43. The van der Waals surface area contributed by atoms with E-state index in [1.165, 1.54) is 0 Å². The van der Waals surface area contributed by atoms with E-state index in [2.05, 4.69) is 21.8 Å². The highest BCUT2D eigenvalue weighted by atomic mass is 16.2. The van der Waals surface area contributed by atoms with Gasteiger partial charge in [-0.05, 0) is 27.8 Å².